The van der Waals surface area contributed by atoms with Crippen molar-refractivity contribution in [3.05, 3.63) is 54.5 Å². The number of aromatic nitrogens is 4. The Balaban J connectivity index is 1.32. The zero-order valence-electron chi connectivity index (χ0n) is 20.1. The van der Waals surface area contributed by atoms with Crippen LogP contribution in [-0.2, 0) is 0 Å². The number of anilines is 2. The number of fused-ring (bicyclic) bond motifs is 2. The molecule has 0 bridgehead atoms. The predicted octanol–water partition coefficient (Wildman–Crippen LogP) is 5.20. The van der Waals surface area contributed by atoms with Crippen LogP contribution >= 0.6 is 0 Å². The normalized spacial score (nSPS) is 16.1. The quantitative estimate of drug-likeness (QED) is 0.400. The molecule has 1 aromatic carbocycles. The highest BCUT2D eigenvalue weighted by molar-refractivity contribution is 5.91. The minimum atomic E-state index is 0.0463. The van der Waals surface area contributed by atoms with E-state index in [-0.39, 0.29) is 6.04 Å². The van der Waals surface area contributed by atoms with Gasteiger partial charge < -0.3 is 24.7 Å². The van der Waals surface area contributed by atoms with Crippen molar-refractivity contribution in [2.75, 3.05) is 36.5 Å². The number of rotatable bonds is 6. The zero-order valence-corrected chi connectivity index (χ0v) is 20.1. The van der Waals surface area contributed by atoms with E-state index in [0.29, 0.717) is 19.1 Å². The lowest BCUT2D eigenvalue weighted by atomic mass is 9.95. The van der Waals surface area contributed by atoms with Crippen LogP contribution in [0.1, 0.15) is 38.3 Å². The third-order valence-electron chi connectivity index (χ3n) is 6.80. The number of H-pyrrole nitrogens is 1. The van der Waals surface area contributed by atoms with Crippen molar-refractivity contribution in [1.82, 2.24) is 19.9 Å². The first-order valence-corrected chi connectivity index (χ1v) is 12.4. The summed E-state index contributed by atoms with van der Waals surface area (Å²) in [5, 5.41) is 4.64. The first kappa shape index (κ1) is 21.7. The summed E-state index contributed by atoms with van der Waals surface area (Å²) in [6.45, 7) is 7.70. The molecule has 0 radical (unpaired) electrons. The Morgan fingerprint density at radius 2 is 1.77 bits per heavy atom. The van der Waals surface area contributed by atoms with E-state index in [4.69, 9.17) is 9.47 Å². The van der Waals surface area contributed by atoms with Crippen molar-refractivity contribution in [1.29, 1.82) is 0 Å². The average Bonchev–Trinajstić information content (AvgIpc) is 3.58. The molecule has 0 saturated carbocycles. The summed E-state index contributed by atoms with van der Waals surface area (Å²) in [6.07, 6.45) is 5.94. The van der Waals surface area contributed by atoms with E-state index in [1.54, 1.807) is 6.33 Å². The van der Waals surface area contributed by atoms with Gasteiger partial charge in [-0.3, -0.25) is 0 Å². The predicted molar refractivity (Wildman–Crippen MR) is 137 cm³/mol. The molecule has 1 fully saturated rings. The second-order valence-electron chi connectivity index (χ2n) is 9.53. The van der Waals surface area contributed by atoms with Gasteiger partial charge in [-0.05, 0) is 54.7 Å². The SMILES string of the molecule is CC(C)[C@@H](Nc1ncnc2[nH]c(-c3ccnc(N4CCCC4)c3)cc12)c1ccc2c(c1)OCCO2. The lowest BCUT2D eigenvalue weighted by Gasteiger charge is -2.26. The Morgan fingerprint density at radius 1 is 0.943 bits per heavy atom. The number of hydrogen-bond donors (Lipinski definition) is 2. The molecule has 6 rings (SSSR count). The monoisotopic (exact) mass is 470 g/mol. The average molecular weight is 471 g/mol. The number of ether oxygens (including phenoxy) is 2. The summed E-state index contributed by atoms with van der Waals surface area (Å²) >= 11 is 0. The van der Waals surface area contributed by atoms with Crippen LogP contribution < -0.4 is 19.7 Å². The number of nitrogens with zero attached hydrogens (tertiary/aromatic N) is 4. The van der Waals surface area contributed by atoms with E-state index >= 15 is 0 Å². The van der Waals surface area contributed by atoms with Crippen molar-refractivity contribution in [2.45, 2.75) is 32.7 Å². The van der Waals surface area contributed by atoms with E-state index in [0.717, 1.165) is 64.1 Å². The van der Waals surface area contributed by atoms with Crippen LogP contribution in [-0.4, -0.2) is 46.2 Å². The van der Waals surface area contributed by atoms with Gasteiger partial charge in [0.1, 0.15) is 36.8 Å². The standard InChI is InChI=1S/C27H30N6O2/c1-17(2)25(19-5-6-22-23(13-19)35-12-11-34-22)32-27-20-15-21(31-26(20)29-16-30-27)18-7-8-28-24(14-18)33-9-3-4-10-33/h5-8,13-17,25H,3-4,9-12H2,1-2H3,(H2,29,30,31,32)/t25-/m1/s1. The maximum absolute atomic E-state index is 5.82. The first-order chi connectivity index (χ1) is 17.2. The van der Waals surface area contributed by atoms with Gasteiger partial charge in [0.05, 0.1) is 11.4 Å². The molecule has 2 aliphatic rings. The Labute approximate surface area is 204 Å². The van der Waals surface area contributed by atoms with Crippen LogP contribution in [0.15, 0.2) is 48.9 Å². The van der Waals surface area contributed by atoms with Gasteiger partial charge in [-0.1, -0.05) is 19.9 Å². The molecule has 0 spiro atoms. The molecule has 8 nitrogen and oxygen atoms in total. The molecule has 8 heteroatoms. The summed E-state index contributed by atoms with van der Waals surface area (Å²) in [6, 6.07) is 12.5. The molecule has 1 saturated heterocycles. The third kappa shape index (κ3) is 4.24. The molecule has 0 unspecified atom stereocenters. The van der Waals surface area contributed by atoms with Crippen molar-refractivity contribution < 1.29 is 9.47 Å². The summed E-state index contributed by atoms with van der Waals surface area (Å²) in [5.74, 6) is 3.75. The Kier molecular flexibility index (Phi) is 5.64. The molecule has 5 heterocycles. The van der Waals surface area contributed by atoms with Crippen LogP contribution in [0.2, 0.25) is 0 Å². The second kappa shape index (κ2) is 9.09. The summed E-state index contributed by atoms with van der Waals surface area (Å²) in [4.78, 5) is 19.5. The van der Waals surface area contributed by atoms with Crippen molar-refractivity contribution >= 4 is 22.7 Å². The molecule has 0 aliphatic carbocycles. The van der Waals surface area contributed by atoms with Crippen molar-refractivity contribution in [2.24, 2.45) is 5.92 Å². The van der Waals surface area contributed by atoms with Crippen LogP contribution in [0, 0.1) is 5.92 Å². The summed E-state index contributed by atoms with van der Waals surface area (Å²) < 4.78 is 11.5. The first-order valence-electron chi connectivity index (χ1n) is 12.4. The zero-order chi connectivity index (χ0) is 23.8. The number of aromatic amines is 1. The van der Waals surface area contributed by atoms with Gasteiger partial charge in [-0.25, -0.2) is 15.0 Å². The third-order valence-corrected chi connectivity index (χ3v) is 6.80. The summed E-state index contributed by atoms with van der Waals surface area (Å²) in [5.41, 5.74) is 4.04. The van der Waals surface area contributed by atoms with Crippen LogP contribution in [0.25, 0.3) is 22.3 Å². The van der Waals surface area contributed by atoms with Gasteiger partial charge in [0, 0.05) is 30.5 Å². The smallest absolute Gasteiger partial charge is 0.161 e. The molecule has 0 amide bonds. The fourth-order valence-corrected chi connectivity index (χ4v) is 4.95. The molecule has 2 N–H and O–H groups in total. The van der Waals surface area contributed by atoms with E-state index in [1.807, 2.05) is 18.3 Å². The number of benzene rings is 1. The summed E-state index contributed by atoms with van der Waals surface area (Å²) in [7, 11) is 0. The van der Waals surface area contributed by atoms with Crippen molar-refractivity contribution in [3.8, 4) is 22.8 Å². The van der Waals surface area contributed by atoms with E-state index in [1.165, 1.54) is 12.8 Å². The number of nitrogens with one attached hydrogen (secondary N) is 2. The van der Waals surface area contributed by atoms with E-state index < -0.39 is 0 Å². The van der Waals surface area contributed by atoms with E-state index in [9.17, 15) is 0 Å². The number of pyridine rings is 1. The number of hydrogen-bond acceptors (Lipinski definition) is 7. The van der Waals surface area contributed by atoms with Gasteiger partial charge in [0.2, 0.25) is 0 Å². The topological polar surface area (TPSA) is 88.2 Å². The largest absolute Gasteiger partial charge is 0.486 e. The Morgan fingerprint density at radius 3 is 2.60 bits per heavy atom. The molecule has 35 heavy (non-hydrogen) atoms. The maximum atomic E-state index is 5.82. The lowest BCUT2D eigenvalue weighted by Crippen LogP contribution is -2.19. The minimum Gasteiger partial charge on any atom is -0.486 e. The van der Waals surface area contributed by atoms with Gasteiger partial charge >= 0.3 is 0 Å². The minimum absolute atomic E-state index is 0.0463. The van der Waals surface area contributed by atoms with Gasteiger partial charge in [-0.15, -0.1) is 0 Å². The second-order valence-corrected chi connectivity index (χ2v) is 9.53. The Bertz CT molecular complexity index is 1340. The maximum Gasteiger partial charge on any atom is 0.161 e. The van der Waals surface area contributed by atoms with Gasteiger partial charge in [-0.2, -0.15) is 0 Å². The van der Waals surface area contributed by atoms with Crippen LogP contribution in [0.5, 0.6) is 11.5 Å². The molecule has 180 valence electrons. The molecule has 1 atom stereocenters. The Hall–Kier alpha value is -3.81. The van der Waals surface area contributed by atoms with Gasteiger partial charge in [0.15, 0.2) is 11.5 Å². The molecule has 3 aromatic heterocycles. The fraction of sp³-hybridized carbons (Fsp3) is 0.370. The molecule has 4 aromatic rings. The highest BCUT2D eigenvalue weighted by Crippen LogP contribution is 2.37. The highest BCUT2D eigenvalue weighted by Gasteiger charge is 2.22. The molecular weight excluding hydrogens is 440 g/mol. The molecular formula is C27H30N6O2. The van der Waals surface area contributed by atoms with Crippen LogP contribution in [0.3, 0.4) is 0 Å². The molecule has 2 aliphatic heterocycles. The van der Waals surface area contributed by atoms with Gasteiger partial charge in [0.25, 0.3) is 0 Å². The fourth-order valence-electron chi connectivity index (χ4n) is 4.95. The van der Waals surface area contributed by atoms with E-state index in [2.05, 4.69) is 68.3 Å². The highest BCUT2D eigenvalue weighted by atomic mass is 16.6. The lowest BCUT2D eigenvalue weighted by molar-refractivity contribution is 0.171. The van der Waals surface area contributed by atoms with Crippen molar-refractivity contribution in [3.63, 3.8) is 0 Å². The van der Waals surface area contributed by atoms with Crippen LogP contribution in [0.4, 0.5) is 11.6 Å².